The van der Waals surface area contributed by atoms with Crippen molar-refractivity contribution in [2.45, 2.75) is 56.6 Å². The molecule has 4 unspecified atom stereocenters. The van der Waals surface area contributed by atoms with E-state index in [9.17, 15) is 13.2 Å². The second kappa shape index (κ2) is 4.77. The SMILES string of the molecule is FC(F)(F)C1(OC2CCCCO2)CCC2C=CC1C2. The Kier molecular flexibility index (Phi) is 3.38. The van der Waals surface area contributed by atoms with Crippen LogP contribution in [0.5, 0.6) is 0 Å². The lowest BCUT2D eigenvalue weighted by Crippen LogP contribution is -2.56. The Morgan fingerprint density at radius 3 is 2.68 bits per heavy atom. The van der Waals surface area contributed by atoms with E-state index in [2.05, 4.69) is 0 Å². The zero-order chi connectivity index (χ0) is 13.5. The topological polar surface area (TPSA) is 18.5 Å². The Labute approximate surface area is 111 Å². The number of halogens is 3. The van der Waals surface area contributed by atoms with Crippen LogP contribution in [0.1, 0.15) is 38.5 Å². The lowest BCUT2D eigenvalue weighted by atomic mass is 9.74. The number of allylic oxidation sites excluding steroid dienone is 1. The number of hydrogen-bond donors (Lipinski definition) is 0. The van der Waals surface area contributed by atoms with E-state index in [0.717, 1.165) is 12.8 Å². The number of alkyl halides is 3. The fourth-order valence-electron chi connectivity index (χ4n) is 3.52. The third-order valence-electron chi connectivity index (χ3n) is 4.62. The maximum Gasteiger partial charge on any atom is 0.418 e. The van der Waals surface area contributed by atoms with Gasteiger partial charge in [0.2, 0.25) is 0 Å². The summed E-state index contributed by atoms with van der Waals surface area (Å²) in [6.45, 7) is 0.502. The van der Waals surface area contributed by atoms with Crippen molar-refractivity contribution in [1.82, 2.24) is 0 Å². The maximum atomic E-state index is 13.6. The van der Waals surface area contributed by atoms with E-state index >= 15 is 0 Å². The molecule has 0 aromatic rings. The number of hydrogen-bond acceptors (Lipinski definition) is 2. The van der Waals surface area contributed by atoms with Gasteiger partial charge in [0.1, 0.15) is 0 Å². The van der Waals surface area contributed by atoms with Gasteiger partial charge in [0, 0.05) is 12.5 Å². The molecular weight excluding hydrogens is 257 g/mol. The molecule has 3 aliphatic rings. The Hall–Kier alpha value is -0.550. The van der Waals surface area contributed by atoms with E-state index in [1.54, 1.807) is 6.08 Å². The van der Waals surface area contributed by atoms with Gasteiger partial charge >= 0.3 is 6.18 Å². The van der Waals surface area contributed by atoms with Crippen molar-refractivity contribution in [3.63, 3.8) is 0 Å². The number of ether oxygens (including phenoxy) is 2. The molecule has 1 heterocycles. The van der Waals surface area contributed by atoms with E-state index in [-0.39, 0.29) is 6.42 Å². The predicted octanol–water partition coefficient (Wildman–Crippen LogP) is 3.82. The highest BCUT2D eigenvalue weighted by atomic mass is 19.4. The van der Waals surface area contributed by atoms with E-state index in [4.69, 9.17) is 9.47 Å². The zero-order valence-corrected chi connectivity index (χ0v) is 10.8. The highest BCUT2D eigenvalue weighted by Gasteiger charge is 2.63. The molecule has 0 aromatic heterocycles. The highest BCUT2D eigenvalue weighted by molar-refractivity contribution is 5.15. The maximum absolute atomic E-state index is 13.6. The minimum atomic E-state index is -4.34. The fourth-order valence-corrected chi connectivity index (χ4v) is 3.52. The molecule has 0 aromatic carbocycles. The first-order valence-electron chi connectivity index (χ1n) is 7.06. The molecule has 2 bridgehead atoms. The van der Waals surface area contributed by atoms with Crippen LogP contribution in [-0.2, 0) is 9.47 Å². The molecule has 19 heavy (non-hydrogen) atoms. The molecule has 2 aliphatic carbocycles. The first-order valence-corrected chi connectivity index (χ1v) is 7.06. The quantitative estimate of drug-likeness (QED) is 0.714. The van der Waals surface area contributed by atoms with Crippen molar-refractivity contribution >= 4 is 0 Å². The van der Waals surface area contributed by atoms with Gasteiger partial charge < -0.3 is 9.47 Å². The van der Waals surface area contributed by atoms with Crippen molar-refractivity contribution in [2.24, 2.45) is 11.8 Å². The summed E-state index contributed by atoms with van der Waals surface area (Å²) in [6, 6.07) is 0. The molecule has 4 atom stereocenters. The molecule has 5 heteroatoms. The number of rotatable bonds is 2. The molecule has 0 spiro atoms. The first-order chi connectivity index (χ1) is 9.01. The van der Waals surface area contributed by atoms with Gasteiger partial charge in [-0.3, -0.25) is 0 Å². The van der Waals surface area contributed by atoms with Crippen LogP contribution in [0.15, 0.2) is 12.2 Å². The van der Waals surface area contributed by atoms with Gasteiger partial charge in [-0.15, -0.1) is 0 Å². The summed E-state index contributed by atoms with van der Waals surface area (Å²) in [4.78, 5) is 0. The van der Waals surface area contributed by atoms with Crippen molar-refractivity contribution in [3.8, 4) is 0 Å². The Morgan fingerprint density at radius 1 is 1.16 bits per heavy atom. The molecule has 0 radical (unpaired) electrons. The van der Waals surface area contributed by atoms with Crippen LogP contribution in [0.25, 0.3) is 0 Å². The van der Waals surface area contributed by atoms with Crippen molar-refractivity contribution in [1.29, 1.82) is 0 Å². The van der Waals surface area contributed by atoms with Gasteiger partial charge in [-0.05, 0) is 44.4 Å². The minimum absolute atomic E-state index is 0.0543. The third-order valence-corrected chi connectivity index (χ3v) is 4.62. The van der Waals surface area contributed by atoms with Crippen LogP contribution < -0.4 is 0 Å². The smallest absolute Gasteiger partial charge is 0.353 e. The molecular formula is C14H19F3O2. The van der Waals surface area contributed by atoms with E-state index in [1.807, 2.05) is 6.08 Å². The van der Waals surface area contributed by atoms with Crippen molar-refractivity contribution < 1.29 is 22.6 Å². The molecule has 2 fully saturated rings. The van der Waals surface area contributed by atoms with E-state index < -0.39 is 24.0 Å². The number of fused-ring (bicyclic) bond motifs is 2. The Bertz CT molecular complexity index is 360. The standard InChI is InChI=1S/C14H19F3O2/c15-14(16,17)13(19-12-3-1-2-8-18-12)7-6-10-4-5-11(13)9-10/h4-5,10-12H,1-3,6-9H2. The van der Waals surface area contributed by atoms with Gasteiger partial charge in [0.25, 0.3) is 0 Å². The molecule has 1 saturated carbocycles. The van der Waals surface area contributed by atoms with Crippen LogP contribution >= 0.6 is 0 Å². The zero-order valence-electron chi connectivity index (χ0n) is 10.8. The molecule has 0 N–H and O–H groups in total. The van der Waals surface area contributed by atoms with Crippen LogP contribution in [0, 0.1) is 11.8 Å². The second-order valence-corrected chi connectivity index (χ2v) is 5.83. The molecule has 1 aliphatic heterocycles. The summed E-state index contributed by atoms with van der Waals surface area (Å²) in [7, 11) is 0. The molecule has 2 nitrogen and oxygen atoms in total. The van der Waals surface area contributed by atoms with E-state index in [1.165, 1.54) is 0 Å². The lowest BCUT2D eigenvalue weighted by Gasteiger charge is -2.45. The van der Waals surface area contributed by atoms with Crippen molar-refractivity contribution in [2.75, 3.05) is 6.61 Å². The summed E-state index contributed by atoms with van der Waals surface area (Å²) < 4.78 is 51.7. The second-order valence-electron chi connectivity index (χ2n) is 5.83. The van der Waals surface area contributed by atoms with Gasteiger partial charge in [0.05, 0.1) is 0 Å². The van der Waals surface area contributed by atoms with Crippen LogP contribution in [0.2, 0.25) is 0 Å². The summed E-state index contributed by atoms with van der Waals surface area (Å²) in [6.07, 6.45) is 2.12. The monoisotopic (exact) mass is 276 g/mol. The van der Waals surface area contributed by atoms with Crippen molar-refractivity contribution in [3.05, 3.63) is 12.2 Å². The Morgan fingerprint density at radius 2 is 2.00 bits per heavy atom. The average molecular weight is 276 g/mol. The minimum Gasteiger partial charge on any atom is -0.353 e. The normalized spacial score (nSPS) is 42.6. The highest BCUT2D eigenvalue weighted by Crippen LogP contribution is 2.53. The molecule has 0 amide bonds. The summed E-state index contributed by atoms with van der Waals surface area (Å²) in [5.74, 6) is -0.242. The van der Waals surface area contributed by atoms with Gasteiger partial charge in [-0.25, -0.2) is 0 Å². The molecule has 1 saturated heterocycles. The van der Waals surface area contributed by atoms with Gasteiger partial charge in [-0.1, -0.05) is 12.2 Å². The van der Waals surface area contributed by atoms with Crippen LogP contribution in [0.4, 0.5) is 13.2 Å². The average Bonchev–Trinajstić information content (AvgIpc) is 2.77. The molecule has 108 valence electrons. The summed E-state index contributed by atoms with van der Waals surface area (Å²) in [5.41, 5.74) is -2.03. The van der Waals surface area contributed by atoms with E-state index in [0.29, 0.717) is 31.8 Å². The largest absolute Gasteiger partial charge is 0.418 e. The third kappa shape index (κ3) is 2.31. The van der Waals surface area contributed by atoms with Gasteiger partial charge in [-0.2, -0.15) is 13.2 Å². The van der Waals surface area contributed by atoms with Gasteiger partial charge in [0.15, 0.2) is 11.9 Å². The summed E-state index contributed by atoms with van der Waals surface area (Å²) in [5, 5.41) is 0. The fraction of sp³-hybridized carbons (Fsp3) is 0.857. The van der Waals surface area contributed by atoms with Crippen LogP contribution in [-0.4, -0.2) is 24.7 Å². The first kappa shape index (κ1) is 13.4. The van der Waals surface area contributed by atoms with Crippen LogP contribution in [0.3, 0.4) is 0 Å². The lowest BCUT2D eigenvalue weighted by molar-refractivity contribution is -0.347. The molecule has 3 rings (SSSR count). The summed E-state index contributed by atoms with van der Waals surface area (Å²) >= 11 is 0. The predicted molar refractivity (Wildman–Crippen MR) is 63.4 cm³/mol. The Balaban J connectivity index is 1.82.